The van der Waals surface area contributed by atoms with Gasteiger partial charge in [0.25, 0.3) is 0 Å². The molecule has 1 N–H and O–H groups in total. The molecule has 0 amide bonds. The van der Waals surface area contributed by atoms with Gasteiger partial charge in [0, 0.05) is 17.9 Å². The first-order valence-corrected chi connectivity index (χ1v) is 14.5. The van der Waals surface area contributed by atoms with Gasteiger partial charge in [-0.1, -0.05) is 58.8 Å². The Morgan fingerprint density at radius 1 is 1.00 bits per heavy atom. The van der Waals surface area contributed by atoms with E-state index in [9.17, 15) is 14.7 Å². The molecule has 0 heterocycles. The van der Waals surface area contributed by atoms with Crippen molar-refractivity contribution in [2.75, 3.05) is 0 Å². The summed E-state index contributed by atoms with van der Waals surface area (Å²) < 4.78 is 5.85. The number of rotatable bonds is 6. The Balaban J connectivity index is 1.59. The van der Waals surface area contributed by atoms with Crippen LogP contribution < -0.4 is 0 Å². The van der Waals surface area contributed by atoms with Crippen LogP contribution in [0.1, 0.15) is 120 Å². The number of carboxylic acid groups (broad SMARTS) is 1. The summed E-state index contributed by atoms with van der Waals surface area (Å²) in [7, 11) is 0. The molecule has 202 valence electrons. The molecule has 4 nitrogen and oxygen atoms in total. The maximum atomic E-state index is 11.8. The van der Waals surface area contributed by atoms with E-state index in [0.717, 1.165) is 25.7 Å². The maximum absolute atomic E-state index is 11.8. The molecule has 0 aliphatic heterocycles. The van der Waals surface area contributed by atoms with E-state index in [1.54, 1.807) is 25.0 Å². The van der Waals surface area contributed by atoms with Crippen LogP contribution in [-0.2, 0) is 14.3 Å². The number of esters is 1. The Labute approximate surface area is 219 Å². The van der Waals surface area contributed by atoms with Gasteiger partial charge in [-0.15, -0.1) is 0 Å². The van der Waals surface area contributed by atoms with Gasteiger partial charge < -0.3 is 9.84 Å². The van der Waals surface area contributed by atoms with Gasteiger partial charge in [-0.2, -0.15) is 0 Å². The standard InChI is InChI=1S/C32H50O4/c1-20(10-9-11-21(2)28(34)35)23-14-18-32(8)25-12-13-26-29(4,5)27(36-22(3)33)16-17-30(26,6)24(25)15-19-31(23,32)7/h11,20,23,26-27H,9-10,12-19H2,1-8H3,(H,34,35)/b21-11-/t20-,23?,26?,27+,30-,31+,32-/m1/s1. The summed E-state index contributed by atoms with van der Waals surface area (Å²) in [5.41, 5.74) is 4.79. The average molecular weight is 499 g/mol. The number of aliphatic carboxylic acids is 1. The van der Waals surface area contributed by atoms with Gasteiger partial charge in [0.05, 0.1) is 0 Å². The molecule has 7 atom stereocenters. The smallest absolute Gasteiger partial charge is 0.330 e. The van der Waals surface area contributed by atoms with Gasteiger partial charge in [0.1, 0.15) is 6.10 Å². The van der Waals surface area contributed by atoms with E-state index in [1.165, 1.54) is 38.5 Å². The highest BCUT2D eigenvalue weighted by Crippen LogP contribution is 2.72. The molecule has 2 unspecified atom stereocenters. The molecule has 4 aliphatic carbocycles. The molecule has 0 bridgehead atoms. The normalized spacial score (nSPS) is 40.7. The summed E-state index contributed by atoms with van der Waals surface area (Å²) in [6, 6.07) is 0. The molecule has 4 heteroatoms. The summed E-state index contributed by atoms with van der Waals surface area (Å²) in [6.45, 7) is 18.1. The van der Waals surface area contributed by atoms with Crippen LogP contribution in [-0.4, -0.2) is 23.1 Å². The molecule has 0 aromatic heterocycles. The highest BCUT2D eigenvalue weighted by Gasteiger charge is 2.63. The van der Waals surface area contributed by atoms with Crippen molar-refractivity contribution in [3.05, 3.63) is 22.8 Å². The summed E-state index contributed by atoms with van der Waals surface area (Å²) in [6.07, 6.45) is 13.4. The molecule has 0 spiro atoms. The molecule has 2 fully saturated rings. The van der Waals surface area contributed by atoms with Crippen molar-refractivity contribution in [2.45, 2.75) is 126 Å². The number of hydrogen-bond acceptors (Lipinski definition) is 3. The number of hydrogen-bond donors (Lipinski definition) is 1. The lowest BCUT2D eigenvalue weighted by atomic mass is 9.43. The Morgan fingerprint density at radius 2 is 1.69 bits per heavy atom. The van der Waals surface area contributed by atoms with Crippen LogP contribution in [0, 0.1) is 39.4 Å². The molecular weight excluding hydrogens is 448 g/mol. The molecule has 36 heavy (non-hydrogen) atoms. The topological polar surface area (TPSA) is 63.6 Å². The third-order valence-electron chi connectivity index (χ3n) is 12.2. The minimum atomic E-state index is -0.802. The molecule has 0 radical (unpaired) electrons. The number of carbonyl (C=O) groups is 2. The molecular formula is C32H50O4. The van der Waals surface area contributed by atoms with Crippen molar-refractivity contribution >= 4 is 11.9 Å². The van der Waals surface area contributed by atoms with E-state index >= 15 is 0 Å². The van der Waals surface area contributed by atoms with Gasteiger partial charge in [-0.25, -0.2) is 4.79 Å². The third kappa shape index (κ3) is 4.09. The van der Waals surface area contributed by atoms with Crippen molar-refractivity contribution in [2.24, 2.45) is 39.4 Å². The third-order valence-corrected chi connectivity index (χ3v) is 12.2. The summed E-state index contributed by atoms with van der Waals surface area (Å²) in [5, 5.41) is 9.19. The predicted octanol–water partition coefficient (Wildman–Crippen LogP) is 8.11. The number of allylic oxidation sites excluding steroid dienone is 3. The van der Waals surface area contributed by atoms with E-state index in [0.29, 0.717) is 28.7 Å². The minimum Gasteiger partial charge on any atom is -0.478 e. The summed E-state index contributed by atoms with van der Waals surface area (Å²) in [5.74, 6) is 0.894. The lowest BCUT2D eigenvalue weighted by molar-refractivity contribution is -0.167. The zero-order valence-electron chi connectivity index (χ0n) is 24.1. The first-order valence-electron chi connectivity index (χ1n) is 14.5. The van der Waals surface area contributed by atoms with Crippen LogP contribution in [0.25, 0.3) is 0 Å². The first-order chi connectivity index (χ1) is 16.7. The summed E-state index contributed by atoms with van der Waals surface area (Å²) >= 11 is 0. The highest BCUT2D eigenvalue weighted by atomic mass is 16.5. The lowest BCUT2D eigenvalue weighted by Crippen LogP contribution is -2.55. The van der Waals surface area contributed by atoms with Crippen molar-refractivity contribution in [1.82, 2.24) is 0 Å². The first kappa shape index (κ1) is 27.5. The Kier molecular flexibility index (Phi) is 7.10. The molecule has 0 saturated heterocycles. The fraction of sp³-hybridized carbons (Fsp3) is 0.812. The fourth-order valence-corrected chi connectivity index (χ4v) is 9.88. The van der Waals surface area contributed by atoms with Gasteiger partial charge in [-0.05, 0) is 105 Å². The van der Waals surface area contributed by atoms with Gasteiger partial charge in [0.2, 0.25) is 0 Å². The molecule has 2 saturated carbocycles. The number of carbonyl (C=O) groups excluding carboxylic acids is 1. The monoisotopic (exact) mass is 498 g/mol. The van der Waals surface area contributed by atoms with Crippen LogP contribution in [0.2, 0.25) is 0 Å². The Morgan fingerprint density at radius 3 is 2.33 bits per heavy atom. The zero-order chi connectivity index (χ0) is 26.7. The van der Waals surface area contributed by atoms with Crippen molar-refractivity contribution in [1.29, 1.82) is 0 Å². The molecule has 4 aliphatic rings. The van der Waals surface area contributed by atoms with Crippen molar-refractivity contribution < 1.29 is 19.4 Å². The van der Waals surface area contributed by atoms with Crippen LogP contribution in [0.4, 0.5) is 0 Å². The van der Waals surface area contributed by atoms with Crippen molar-refractivity contribution in [3.8, 4) is 0 Å². The average Bonchev–Trinajstić information content (AvgIpc) is 3.07. The number of carboxylic acids is 1. The van der Waals surface area contributed by atoms with Crippen LogP contribution in [0.5, 0.6) is 0 Å². The second-order valence-electron chi connectivity index (χ2n) is 14.1. The van der Waals surface area contributed by atoms with Gasteiger partial charge in [-0.3, -0.25) is 4.79 Å². The molecule has 4 rings (SSSR count). The predicted molar refractivity (Wildman–Crippen MR) is 144 cm³/mol. The largest absolute Gasteiger partial charge is 0.478 e. The minimum absolute atomic E-state index is 0.00676. The van der Waals surface area contributed by atoms with Crippen LogP contribution in [0.3, 0.4) is 0 Å². The maximum Gasteiger partial charge on any atom is 0.330 e. The number of fused-ring (bicyclic) bond motifs is 4. The zero-order valence-corrected chi connectivity index (χ0v) is 24.1. The quantitative estimate of drug-likeness (QED) is 0.228. The highest BCUT2D eigenvalue weighted by molar-refractivity contribution is 5.85. The Hall–Kier alpha value is -1.58. The van der Waals surface area contributed by atoms with E-state index < -0.39 is 5.97 Å². The second kappa shape index (κ2) is 9.31. The van der Waals surface area contributed by atoms with E-state index in [2.05, 4.69) is 41.5 Å². The van der Waals surface area contributed by atoms with Crippen LogP contribution in [0.15, 0.2) is 22.8 Å². The van der Waals surface area contributed by atoms with Gasteiger partial charge in [0.15, 0.2) is 0 Å². The Bertz CT molecular complexity index is 973. The SMILES string of the molecule is CC(=O)O[C@H]1CC[C@]2(C)C3=C(CCC2C1(C)C)[C@@]1(C)CCC([C@H](C)CC/C=C(/C)C(=O)O)[C@]1(C)CC3. The van der Waals surface area contributed by atoms with Crippen molar-refractivity contribution in [3.63, 3.8) is 0 Å². The lowest BCUT2D eigenvalue weighted by Gasteiger charge is -2.62. The van der Waals surface area contributed by atoms with E-state index in [-0.39, 0.29) is 28.3 Å². The second-order valence-corrected chi connectivity index (χ2v) is 14.1. The molecule has 0 aromatic rings. The van der Waals surface area contributed by atoms with Crippen LogP contribution >= 0.6 is 0 Å². The summed E-state index contributed by atoms with van der Waals surface area (Å²) in [4.78, 5) is 23.0. The van der Waals surface area contributed by atoms with E-state index in [4.69, 9.17) is 4.74 Å². The molecule has 0 aromatic carbocycles. The fourth-order valence-electron chi connectivity index (χ4n) is 9.88. The van der Waals surface area contributed by atoms with Gasteiger partial charge >= 0.3 is 11.9 Å². The number of ether oxygens (including phenoxy) is 1. The van der Waals surface area contributed by atoms with E-state index in [1.807, 2.05) is 6.08 Å².